The summed E-state index contributed by atoms with van der Waals surface area (Å²) in [4.78, 5) is 26.1. The Balaban J connectivity index is 1.73. The van der Waals surface area contributed by atoms with Gasteiger partial charge in [-0.05, 0) is 18.2 Å². The van der Waals surface area contributed by atoms with Crippen molar-refractivity contribution in [3.63, 3.8) is 0 Å². The van der Waals surface area contributed by atoms with Crippen LogP contribution in [0.5, 0.6) is 0 Å². The molecule has 13 heteroatoms. The number of hydrogen-bond acceptors (Lipinski definition) is 6. The van der Waals surface area contributed by atoms with Crippen LogP contribution >= 0.6 is 0 Å². The van der Waals surface area contributed by atoms with E-state index in [9.17, 15) is 31.1 Å². The van der Waals surface area contributed by atoms with Crippen molar-refractivity contribution in [1.29, 1.82) is 0 Å². The van der Waals surface area contributed by atoms with Crippen LogP contribution in [0, 0.1) is 0 Å². The highest BCUT2D eigenvalue weighted by molar-refractivity contribution is 5.95. The van der Waals surface area contributed by atoms with E-state index >= 15 is 0 Å². The lowest BCUT2D eigenvalue weighted by Crippen LogP contribution is -2.11. The van der Waals surface area contributed by atoms with Crippen LogP contribution in [0.3, 0.4) is 0 Å². The predicted molar refractivity (Wildman–Crippen MR) is 107 cm³/mol. The van der Waals surface area contributed by atoms with Crippen LogP contribution in [0.25, 0.3) is 22.2 Å². The summed E-state index contributed by atoms with van der Waals surface area (Å²) in [5.41, 5.74) is -2.72. The van der Waals surface area contributed by atoms with E-state index in [4.69, 9.17) is 5.11 Å². The number of carboxylic acid groups (broad SMARTS) is 1. The average Bonchev–Trinajstić information content (AvgIpc) is 2.77. The Hall–Kier alpha value is -4.29. The van der Waals surface area contributed by atoms with Crippen molar-refractivity contribution in [2.24, 2.45) is 0 Å². The molecule has 0 spiro atoms. The summed E-state index contributed by atoms with van der Waals surface area (Å²) < 4.78 is 78.7. The lowest BCUT2D eigenvalue weighted by atomic mass is 10.0. The van der Waals surface area contributed by atoms with Gasteiger partial charge in [-0.25, -0.2) is 14.8 Å². The molecule has 0 aliphatic heterocycles. The maximum atomic E-state index is 13.6. The van der Waals surface area contributed by atoms with Crippen LogP contribution in [0.15, 0.2) is 55.1 Å². The molecule has 2 N–H and O–H groups in total. The summed E-state index contributed by atoms with van der Waals surface area (Å²) in [5, 5.41) is 12.2. The summed E-state index contributed by atoms with van der Waals surface area (Å²) in [5.74, 6) is -1.68. The van der Waals surface area contributed by atoms with Gasteiger partial charge in [-0.2, -0.15) is 26.3 Å². The van der Waals surface area contributed by atoms with E-state index in [-0.39, 0.29) is 17.0 Å². The Labute approximate surface area is 186 Å². The van der Waals surface area contributed by atoms with Crippen LogP contribution < -0.4 is 5.32 Å². The Kier molecular flexibility index (Phi) is 5.55. The number of carboxylic acids is 1. The lowest BCUT2D eigenvalue weighted by molar-refractivity contribution is -0.138. The van der Waals surface area contributed by atoms with Gasteiger partial charge in [0.25, 0.3) is 0 Å². The van der Waals surface area contributed by atoms with E-state index in [1.165, 1.54) is 30.5 Å². The Morgan fingerprint density at radius 3 is 2.18 bits per heavy atom. The van der Waals surface area contributed by atoms with Gasteiger partial charge in [0.2, 0.25) is 5.95 Å². The van der Waals surface area contributed by atoms with E-state index in [0.717, 1.165) is 6.20 Å². The molecular weight excluding hydrogens is 468 g/mol. The average molecular weight is 479 g/mol. The van der Waals surface area contributed by atoms with Crippen molar-refractivity contribution in [3.8, 4) is 11.3 Å². The van der Waals surface area contributed by atoms with Gasteiger partial charge < -0.3 is 10.4 Å². The molecule has 174 valence electrons. The van der Waals surface area contributed by atoms with Crippen molar-refractivity contribution in [1.82, 2.24) is 19.9 Å². The molecule has 34 heavy (non-hydrogen) atoms. The second-order valence-corrected chi connectivity index (χ2v) is 6.93. The minimum atomic E-state index is -4.86. The van der Waals surface area contributed by atoms with Gasteiger partial charge in [0, 0.05) is 35.7 Å². The van der Waals surface area contributed by atoms with E-state index in [1.54, 1.807) is 0 Å². The number of pyridine rings is 2. The molecule has 0 bridgehead atoms. The summed E-state index contributed by atoms with van der Waals surface area (Å²) in [7, 11) is 0. The molecule has 0 saturated carbocycles. The van der Waals surface area contributed by atoms with Crippen molar-refractivity contribution < 1.29 is 36.2 Å². The number of nitrogens with zero attached hydrogens (tertiary/aromatic N) is 4. The number of anilines is 2. The molecule has 0 unspecified atom stereocenters. The molecule has 0 amide bonds. The SMILES string of the molecule is O=C(O)c1cnc(-c2ccc3c(Nc4ncc(C(F)(F)F)cn4)ccnc3c2)c(C(F)(F)F)c1. The van der Waals surface area contributed by atoms with Crippen LogP contribution in [-0.4, -0.2) is 31.0 Å². The lowest BCUT2D eigenvalue weighted by Gasteiger charge is -2.14. The van der Waals surface area contributed by atoms with Crippen molar-refractivity contribution in [3.05, 3.63) is 71.8 Å². The third-order valence-corrected chi connectivity index (χ3v) is 4.68. The Bertz CT molecular complexity index is 1390. The van der Waals surface area contributed by atoms with Crippen LogP contribution in [0.2, 0.25) is 0 Å². The van der Waals surface area contributed by atoms with Crippen molar-refractivity contribution >= 4 is 28.5 Å². The Morgan fingerprint density at radius 2 is 1.56 bits per heavy atom. The molecule has 1 aromatic carbocycles. The number of nitrogens with one attached hydrogen (secondary N) is 1. The van der Waals surface area contributed by atoms with Gasteiger partial charge in [-0.3, -0.25) is 9.97 Å². The van der Waals surface area contributed by atoms with E-state index in [1.807, 2.05) is 0 Å². The maximum Gasteiger partial charge on any atom is 0.419 e. The summed E-state index contributed by atoms with van der Waals surface area (Å²) in [6.45, 7) is 0. The molecule has 3 aromatic heterocycles. The smallest absolute Gasteiger partial charge is 0.419 e. The fourth-order valence-electron chi connectivity index (χ4n) is 3.09. The van der Waals surface area contributed by atoms with Gasteiger partial charge in [0.1, 0.15) is 0 Å². The van der Waals surface area contributed by atoms with Crippen molar-refractivity contribution in [2.45, 2.75) is 12.4 Å². The van der Waals surface area contributed by atoms with E-state index in [0.29, 0.717) is 29.5 Å². The number of benzene rings is 1. The first-order valence-electron chi connectivity index (χ1n) is 9.29. The third kappa shape index (κ3) is 4.58. The zero-order valence-electron chi connectivity index (χ0n) is 16.6. The predicted octanol–water partition coefficient (Wildman–Crippen LogP) is 5.57. The van der Waals surface area contributed by atoms with Crippen LogP contribution in [0.4, 0.5) is 38.0 Å². The molecule has 7 nitrogen and oxygen atoms in total. The minimum absolute atomic E-state index is 0.0344. The number of carbonyl (C=O) groups is 1. The molecule has 4 aromatic rings. The fraction of sp³-hybridized carbons (Fsp3) is 0.0952. The van der Waals surface area contributed by atoms with Crippen molar-refractivity contribution in [2.75, 3.05) is 5.32 Å². The van der Waals surface area contributed by atoms with Crippen LogP contribution in [-0.2, 0) is 12.4 Å². The topological polar surface area (TPSA) is 101 Å². The number of aromatic nitrogens is 4. The third-order valence-electron chi connectivity index (χ3n) is 4.68. The standard InChI is InChI=1S/C21H11F6N5O2/c22-20(23,24)12-8-30-19(31-9-12)32-15-3-4-28-16-6-10(1-2-13(15)16)17-14(21(25,26)27)5-11(7-29-17)18(33)34/h1-9H,(H,33,34)(H,28,30,31,32). The molecule has 3 heterocycles. The summed E-state index contributed by atoms with van der Waals surface area (Å²) in [6.07, 6.45) is -6.07. The van der Waals surface area contributed by atoms with Crippen LogP contribution in [0.1, 0.15) is 21.5 Å². The maximum absolute atomic E-state index is 13.6. The highest BCUT2D eigenvalue weighted by atomic mass is 19.4. The number of hydrogen-bond donors (Lipinski definition) is 2. The molecule has 0 fully saturated rings. The summed E-state index contributed by atoms with van der Waals surface area (Å²) >= 11 is 0. The van der Waals surface area contributed by atoms with Gasteiger partial charge in [0.15, 0.2) is 0 Å². The zero-order valence-corrected chi connectivity index (χ0v) is 16.6. The van der Waals surface area contributed by atoms with Gasteiger partial charge in [0.05, 0.1) is 33.6 Å². The molecule has 4 rings (SSSR count). The number of fused-ring (bicyclic) bond motifs is 1. The highest BCUT2D eigenvalue weighted by Crippen LogP contribution is 2.38. The van der Waals surface area contributed by atoms with Gasteiger partial charge in [-0.15, -0.1) is 0 Å². The Morgan fingerprint density at radius 1 is 0.853 bits per heavy atom. The number of aromatic carboxylic acids is 1. The zero-order chi connectivity index (χ0) is 24.7. The molecule has 0 saturated heterocycles. The minimum Gasteiger partial charge on any atom is -0.478 e. The quantitative estimate of drug-likeness (QED) is 0.369. The number of halogens is 6. The summed E-state index contributed by atoms with van der Waals surface area (Å²) in [6, 6.07) is 6.09. The normalized spacial score (nSPS) is 12.1. The first kappa shape index (κ1) is 22.9. The molecule has 0 radical (unpaired) electrons. The van der Waals surface area contributed by atoms with E-state index in [2.05, 4.69) is 25.3 Å². The first-order chi connectivity index (χ1) is 15.9. The largest absolute Gasteiger partial charge is 0.478 e. The molecular formula is C21H11F6N5O2. The monoisotopic (exact) mass is 479 g/mol. The molecule has 0 aliphatic rings. The molecule has 0 aliphatic carbocycles. The number of rotatable bonds is 4. The first-order valence-corrected chi connectivity index (χ1v) is 9.29. The number of alkyl halides is 6. The molecule has 0 atom stereocenters. The fourth-order valence-corrected chi connectivity index (χ4v) is 3.09. The van der Waals surface area contributed by atoms with Gasteiger partial charge >= 0.3 is 18.3 Å². The second kappa shape index (κ2) is 8.24. The second-order valence-electron chi connectivity index (χ2n) is 6.93. The van der Waals surface area contributed by atoms with Gasteiger partial charge in [-0.1, -0.05) is 12.1 Å². The highest BCUT2D eigenvalue weighted by Gasteiger charge is 2.35. The van der Waals surface area contributed by atoms with E-state index < -0.39 is 40.7 Å².